The Balaban J connectivity index is 1.65. The van der Waals surface area contributed by atoms with Crippen LogP contribution >= 0.6 is 0 Å². The SMILES string of the molecule is COc1ccc(S(=O)(=O)N(Cc2ccccc2)c2ccccc2C(=O)NCCC2=CCCCC2)cc1. The number of anilines is 1. The lowest BCUT2D eigenvalue weighted by Crippen LogP contribution is -2.33. The minimum Gasteiger partial charge on any atom is -0.497 e. The van der Waals surface area contributed by atoms with Crippen molar-refractivity contribution in [3.8, 4) is 5.75 Å². The first kappa shape index (κ1) is 25.5. The van der Waals surface area contributed by atoms with Gasteiger partial charge in [0.25, 0.3) is 15.9 Å². The van der Waals surface area contributed by atoms with Crippen LogP contribution < -0.4 is 14.4 Å². The van der Waals surface area contributed by atoms with E-state index in [0.29, 0.717) is 23.5 Å². The van der Waals surface area contributed by atoms with E-state index in [-0.39, 0.29) is 17.3 Å². The molecule has 4 rings (SSSR count). The fourth-order valence-electron chi connectivity index (χ4n) is 4.37. The molecule has 0 bridgehead atoms. The fourth-order valence-corrected chi connectivity index (χ4v) is 5.84. The van der Waals surface area contributed by atoms with E-state index in [1.807, 2.05) is 30.3 Å². The van der Waals surface area contributed by atoms with Gasteiger partial charge in [0, 0.05) is 6.54 Å². The first-order valence-corrected chi connectivity index (χ1v) is 13.7. The van der Waals surface area contributed by atoms with Crippen LogP contribution in [0.3, 0.4) is 0 Å². The molecule has 1 N–H and O–H groups in total. The zero-order valence-corrected chi connectivity index (χ0v) is 21.3. The molecule has 0 saturated carbocycles. The molecule has 0 spiro atoms. The maximum atomic E-state index is 13.9. The number of nitrogens with one attached hydrogen (secondary N) is 1. The van der Waals surface area contributed by atoms with Gasteiger partial charge in [0.05, 0.1) is 29.8 Å². The number of nitrogens with zero attached hydrogens (tertiary/aromatic N) is 1. The number of ether oxygens (including phenoxy) is 1. The predicted octanol–water partition coefficient (Wildman–Crippen LogP) is 5.71. The van der Waals surface area contributed by atoms with Gasteiger partial charge in [-0.25, -0.2) is 8.42 Å². The molecule has 1 aliphatic rings. The summed E-state index contributed by atoms with van der Waals surface area (Å²) < 4.78 is 34.3. The molecule has 0 radical (unpaired) electrons. The summed E-state index contributed by atoms with van der Waals surface area (Å²) in [5.41, 5.74) is 2.85. The minimum atomic E-state index is -3.98. The molecule has 0 aliphatic heterocycles. The van der Waals surface area contributed by atoms with E-state index in [4.69, 9.17) is 4.74 Å². The number of methoxy groups -OCH3 is 1. The van der Waals surface area contributed by atoms with Crippen LogP contribution in [0.4, 0.5) is 5.69 Å². The van der Waals surface area contributed by atoms with Crippen molar-refractivity contribution in [3.63, 3.8) is 0 Å². The molecule has 0 saturated heterocycles. The third kappa shape index (κ3) is 6.15. The molecule has 0 fully saturated rings. The van der Waals surface area contributed by atoms with Crippen molar-refractivity contribution in [1.29, 1.82) is 0 Å². The van der Waals surface area contributed by atoms with Crippen molar-refractivity contribution in [3.05, 3.63) is 102 Å². The molecule has 0 atom stereocenters. The van der Waals surface area contributed by atoms with Crippen LogP contribution in [0.1, 0.15) is 48.0 Å². The third-order valence-corrected chi connectivity index (χ3v) is 8.12. The van der Waals surface area contributed by atoms with E-state index in [0.717, 1.165) is 24.8 Å². The van der Waals surface area contributed by atoms with Gasteiger partial charge in [-0.05, 0) is 74.1 Å². The molecule has 1 aliphatic carbocycles. The lowest BCUT2D eigenvalue weighted by Gasteiger charge is -2.27. The predicted molar refractivity (Wildman–Crippen MR) is 143 cm³/mol. The molecular weight excluding hydrogens is 472 g/mol. The first-order chi connectivity index (χ1) is 17.5. The molecule has 0 heterocycles. The molecule has 3 aromatic rings. The van der Waals surface area contributed by atoms with Gasteiger partial charge in [-0.3, -0.25) is 9.10 Å². The van der Waals surface area contributed by atoms with E-state index in [2.05, 4.69) is 11.4 Å². The van der Waals surface area contributed by atoms with Crippen molar-refractivity contribution in [2.24, 2.45) is 0 Å². The zero-order valence-electron chi connectivity index (χ0n) is 20.5. The second-order valence-corrected chi connectivity index (χ2v) is 10.7. The van der Waals surface area contributed by atoms with E-state index >= 15 is 0 Å². The lowest BCUT2D eigenvalue weighted by atomic mass is 9.97. The molecule has 0 unspecified atom stereocenters. The number of benzene rings is 3. The topological polar surface area (TPSA) is 75.7 Å². The zero-order chi connectivity index (χ0) is 25.4. The number of amides is 1. The van der Waals surface area contributed by atoms with E-state index in [1.54, 1.807) is 36.4 Å². The summed E-state index contributed by atoms with van der Waals surface area (Å²) in [5.74, 6) is 0.279. The second kappa shape index (κ2) is 11.9. The first-order valence-electron chi connectivity index (χ1n) is 12.2. The number of para-hydroxylation sites is 1. The Bertz CT molecular complexity index is 1300. The molecule has 188 valence electrons. The molecule has 7 heteroatoms. The highest BCUT2D eigenvalue weighted by Gasteiger charge is 2.28. The van der Waals surface area contributed by atoms with Gasteiger partial charge in [-0.1, -0.05) is 54.1 Å². The highest BCUT2D eigenvalue weighted by molar-refractivity contribution is 7.92. The maximum absolute atomic E-state index is 13.9. The van der Waals surface area contributed by atoms with Crippen LogP contribution in [-0.2, 0) is 16.6 Å². The van der Waals surface area contributed by atoms with Crippen molar-refractivity contribution in [2.45, 2.75) is 43.5 Å². The summed E-state index contributed by atoms with van der Waals surface area (Å²) in [4.78, 5) is 13.4. The number of sulfonamides is 1. The standard InChI is InChI=1S/C29H32N2O4S/c1-35-25-16-18-26(19-17-25)36(33,34)31(22-24-12-6-3-7-13-24)28-15-9-8-14-27(28)29(32)30-21-20-23-10-4-2-5-11-23/h3,6-10,12-19H,2,4-5,11,20-22H2,1H3,(H,30,32). The van der Waals surface area contributed by atoms with Gasteiger partial charge >= 0.3 is 0 Å². The molecule has 0 aromatic heterocycles. The number of allylic oxidation sites excluding steroid dienone is 1. The Hall–Kier alpha value is -3.58. The highest BCUT2D eigenvalue weighted by atomic mass is 32.2. The van der Waals surface area contributed by atoms with E-state index in [9.17, 15) is 13.2 Å². The van der Waals surface area contributed by atoms with Crippen molar-refractivity contribution in [2.75, 3.05) is 18.0 Å². The summed E-state index contributed by atoms with van der Waals surface area (Å²) in [6.07, 6.45) is 7.68. The summed E-state index contributed by atoms with van der Waals surface area (Å²) in [6.45, 7) is 0.606. The van der Waals surface area contributed by atoms with Crippen molar-refractivity contribution >= 4 is 21.6 Å². The highest BCUT2D eigenvalue weighted by Crippen LogP contribution is 2.30. The van der Waals surface area contributed by atoms with Gasteiger partial charge in [0.2, 0.25) is 0 Å². The van der Waals surface area contributed by atoms with Crippen molar-refractivity contribution < 1.29 is 17.9 Å². The fraction of sp³-hybridized carbons (Fsp3) is 0.276. The largest absolute Gasteiger partial charge is 0.497 e. The molecular formula is C29H32N2O4S. The summed E-state index contributed by atoms with van der Waals surface area (Å²) in [6, 6.07) is 22.5. The van der Waals surface area contributed by atoms with Gasteiger partial charge in [-0.15, -0.1) is 0 Å². The normalized spacial score (nSPS) is 13.5. The summed E-state index contributed by atoms with van der Waals surface area (Å²) >= 11 is 0. The number of rotatable bonds is 10. The quantitative estimate of drug-likeness (QED) is 0.359. The maximum Gasteiger partial charge on any atom is 0.264 e. The second-order valence-electron chi connectivity index (χ2n) is 8.80. The van der Waals surface area contributed by atoms with Crippen LogP contribution in [0, 0.1) is 0 Å². The number of carbonyl (C=O) groups excluding carboxylic acids is 1. The smallest absolute Gasteiger partial charge is 0.264 e. The Labute approximate surface area is 213 Å². The Morgan fingerprint density at radius 3 is 2.36 bits per heavy atom. The minimum absolute atomic E-state index is 0.0897. The van der Waals surface area contributed by atoms with Crippen LogP contribution in [-0.4, -0.2) is 28.0 Å². The third-order valence-electron chi connectivity index (χ3n) is 6.35. The molecule has 1 amide bonds. The average Bonchev–Trinajstić information content (AvgIpc) is 2.93. The van der Waals surface area contributed by atoms with E-state index < -0.39 is 10.0 Å². The van der Waals surface area contributed by atoms with Crippen LogP contribution in [0.5, 0.6) is 5.75 Å². The van der Waals surface area contributed by atoms with Gasteiger partial charge < -0.3 is 10.1 Å². The van der Waals surface area contributed by atoms with Gasteiger partial charge in [0.15, 0.2) is 0 Å². The van der Waals surface area contributed by atoms with E-state index in [1.165, 1.54) is 42.0 Å². The Morgan fingerprint density at radius 2 is 1.67 bits per heavy atom. The number of carbonyl (C=O) groups is 1. The number of hydrogen-bond donors (Lipinski definition) is 1. The molecule has 3 aromatic carbocycles. The monoisotopic (exact) mass is 504 g/mol. The molecule has 36 heavy (non-hydrogen) atoms. The van der Waals surface area contributed by atoms with Crippen LogP contribution in [0.15, 0.2) is 95.4 Å². The Morgan fingerprint density at radius 1 is 0.944 bits per heavy atom. The summed E-state index contributed by atoms with van der Waals surface area (Å²) in [5, 5.41) is 2.99. The van der Waals surface area contributed by atoms with Crippen LogP contribution in [0.25, 0.3) is 0 Å². The summed E-state index contributed by atoms with van der Waals surface area (Å²) in [7, 11) is -2.45. The van der Waals surface area contributed by atoms with Gasteiger partial charge in [-0.2, -0.15) is 0 Å². The van der Waals surface area contributed by atoms with Crippen LogP contribution in [0.2, 0.25) is 0 Å². The van der Waals surface area contributed by atoms with Crippen molar-refractivity contribution in [1.82, 2.24) is 5.32 Å². The number of hydrogen-bond acceptors (Lipinski definition) is 4. The Kier molecular flexibility index (Phi) is 8.44. The van der Waals surface area contributed by atoms with Gasteiger partial charge in [0.1, 0.15) is 5.75 Å². The molecule has 6 nitrogen and oxygen atoms in total. The average molecular weight is 505 g/mol. The lowest BCUT2D eigenvalue weighted by molar-refractivity contribution is 0.0954.